The fraction of sp³-hybridized carbons (Fsp3) is 0.778. The Balaban J connectivity index is 2.63. The summed E-state index contributed by atoms with van der Waals surface area (Å²) in [6.45, 7) is 1.17. The molecule has 0 spiro atoms. The minimum atomic E-state index is -2.71. The van der Waals surface area contributed by atoms with Crippen LogP contribution >= 0.6 is 0 Å². The number of carbonyl (C=O) groups excluding carboxylic acids is 1. The first-order valence-electron chi connectivity index (χ1n) is 4.58. The van der Waals surface area contributed by atoms with E-state index in [0.717, 1.165) is 0 Å². The first-order chi connectivity index (χ1) is 6.67. The summed E-state index contributed by atoms with van der Waals surface area (Å²) >= 11 is 0. The smallest absolute Gasteiger partial charge is 0.318 e. The third-order valence-corrected chi connectivity index (χ3v) is 2.89. The predicted molar refractivity (Wildman–Crippen MR) is 47.2 cm³/mol. The number of alkyl halides is 2. The number of halogens is 2. The van der Waals surface area contributed by atoms with Gasteiger partial charge in [0.25, 0.3) is 0 Å². The molecule has 1 amide bonds. The Labute approximate surface area is 85.4 Å². The van der Waals surface area contributed by atoms with E-state index in [2.05, 4.69) is 0 Å². The largest absolute Gasteiger partial charge is 0.480 e. The molecule has 0 aromatic heterocycles. The first-order valence-corrected chi connectivity index (χ1v) is 4.58. The van der Waals surface area contributed by atoms with Gasteiger partial charge in [-0.15, -0.1) is 0 Å². The van der Waals surface area contributed by atoms with E-state index in [4.69, 9.17) is 10.8 Å². The van der Waals surface area contributed by atoms with Crippen molar-refractivity contribution < 1.29 is 23.5 Å². The zero-order chi connectivity index (χ0) is 11.9. The third-order valence-electron chi connectivity index (χ3n) is 2.89. The van der Waals surface area contributed by atoms with Crippen molar-refractivity contribution in [3.8, 4) is 0 Å². The van der Waals surface area contributed by atoms with E-state index in [9.17, 15) is 18.4 Å². The number of carboxylic acids is 1. The number of aliphatic carboxylic acids is 1. The number of nitrogens with two attached hydrogens (primary N) is 1. The maximum atomic E-state index is 12.5. The molecule has 0 heterocycles. The molecule has 1 aliphatic rings. The van der Waals surface area contributed by atoms with Crippen molar-refractivity contribution >= 4 is 11.9 Å². The van der Waals surface area contributed by atoms with Crippen LogP contribution in [0.5, 0.6) is 0 Å². The van der Waals surface area contributed by atoms with E-state index >= 15 is 0 Å². The average Bonchev–Trinajstić information content (AvgIpc) is 1.99. The number of hydrogen-bond acceptors (Lipinski definition) is 2. The molecule has 1 rings (SSSR count). The predicted octanol–water partition coefficient (Wildman–Crippen LogP) is 0.998. The molecule has 86 valence electrons. The lowest BCUT2D eigenvalue weighted by molar-refractivity contribution is -0.161. The molecule has 15 heavy (non-hydrogen) atoms. The number of carboxylic acid groups (broad SMARTS) is 1. The highest BCUT2D eigenvalue weighted by Gasteiger charge is 2.51. The van der Waals surface area contributed by atoms with Gasteiger partial charge >= 0.3 is 5.97 Å². The van der Waals surface area contributed by atoms with Crippen LogP contribution in [0.3, 0.4) is 0 Å². The molecule has 0 saturated heterocycles. The van der Waals surface area contributed by atoms with Crippen molar-refractivity contribution in [1.29, 1.82) is 0 Å². The van der Waals surface area contributed by atoms with Gasteiger partial charge in [-0.3, -0.25) is 9.59 Å². The van der Waals surface area contributed by atoms with E-state index in [-0.39, 0.29) is 19.3 Å². The summed E-state index contributed by atoms with van der Waals surface area (Å²) in [5, 5.41) is 8.81. The Morgan fingerprint density at radius 2 is 2.00 bits per heavy atom. The summed E-state index contributed by atoms with van der Waals surface area (Å²) in [6, 6.07) is 0. The summed E-state index contributed by atoms with van der Waals surface area (Å²) in [7, 11) is 0. The Morgan fingerprint density at radius 1 is 1.53 bits per heavy atom. The fourth-order valence-corrected chi connectivity index (χ4v) is 1.80. The number of rotatable bonds is 4. The maximum absolute atomic E-state index is 12.5. The van der Waals surface area contributed by atoms with E-state index in [0.29, 0.717) is 0 Å². The molecule has 4 nitrogen and oxygen atoms in total. The molecule has 3 N–H and O–H groups in total. The molecule has 1 unspecified atom stereocenters. The summed E-state index contributed by atoms with van der Waals surface area (Å²) in [4.78, 5) is 21.8. The van der Waals surface area contributed by atoms with Gasteiger partial charge in [0.1, 0.15) is 5.41 Å². The first kappa shape index (κ1) is 11.9. The standard InChI is InChI=1S/C9H13F2NO3/c1-8(6(12)13,7(14)15)2-5-3-9(10,11)4-5/h5H,2-4H2,1H3,(H2,12,13)(H,14,15). The second-order valence-electron chi connectivity index (χ2n) is 4.34. The molecule has 6 heteroatoms. The summed E-state index contributed by atoms with van der Waals surface area (Å²) in [5.74, 6) is -5.48. The van der Waals surface area contributed by atoms with E-state index in [1.165, 1.54) is 6.92 Å². The molecule has 1 fully saturated rings. The zero-order valence-electron chi connectivity index (χ0n) is 8.30. The molecule has 0 bridgehead atoms. The molecule has 0 aliphatic heterocycles. The fourth-order valence-electron chi connectivity index (χ4n) is 1.80. The maximum Gasteiger partial charge on any atom is 0.318 e. The summed E-state index contributed by atoms with van der Waals surface area (Å²) in [6.07, 6.45) is -0.834. The van der Waals surface area contributed by atoms with Crippen LogP contribution in [0.15, 0.2) is 0 Å². The van der Waals surface area contributed by atoms with Crippen molar-refractivity contribution in [2.45, 2.75) is 32.1 Å². The van der Waals surface area contributed by atoms with E-state index < -0.39 is 29.1 Å². The number of primary amides is 1. The van der Waals surface area contributed by atoms with Gasteiger partial charge in [-0.25, -0.2) is 8.78 Å². The summed E-state index contributed by atoms with van der Waals surface area (Å²) in [5.41, 5.74) is 3.22. The van der Waals surface area contributed by atoms with Gasteiger partial charge in [-0.2, -0.15) is 0 Å². The van der Waals surface area contributed by atoms with Crippen LogP contribution < -0.4 is 5.73 Å². The zero-order valence-corrected chi connectivity index (χ0v) is 8.30. The molecule has 0 aromatic rings. The van der Waals surface area contributed by atoms with Crippen molar-refractivity contribution in [3.63, 3.8) is 0 Å². The van der Waals surface area contributed by atoms with Crippen molar-refractivity contribution in [2.75, 3.05) is 0 Å². The van der Waals surface area contributed by atoms with Crippen LogP contribution in [0, 0.1) is 11.3 Å². The van der Waals surface area contributed by atoms with Crippen LogP contribution in [0.2, 0.25) is 0 Å². The lowest BCUT2D eigenvalue weighted by Crippen LogP contribution is -2.46. The van der Waals surface area contributed by atoms with Gasteiger partial charge in [0.2, 0.25) is 11.8 Å². The van der Waals surface area contributed by atoms with Gasteiger partial charge in [0, 0.05) is 12.8 Å². The van der Waals surface area contributed by atoms with Gasteiger partial charge in [-0.1, -0.05) is 0 Å². The van der Waals surface area contributed by atoms with E-state index in [1.807, 2.05) is 0 Å². The highest BCUT2D eigenvalue weighted by Crippen LogP contribution is 2.47. The van der Waals surface area contributed by atoms with Crippen LogP contribution in [-0.2, 0) is 9.59 Å². The Morgan fingerprint density at radius 3 is 2.27 bits per heavy atom. The minimum Gasteiger partial charge on any atom is -0.480 e. The number of carbonyl (C=O) groups is 2. The highest BCUT2D eigenvalue weighted by molar-refractivity contribution is 6.00. The lowest BCUT2D eigenvalue weighted by atomic mass is 9.70. The minimum absolute atomic E-state index is 0.118. The molecular formula is C9H13F2NO3. The van der Waals surface area contributed by atoms with E-state index in [1.54, 1.807) is 0 Å². The lowest BCUT2D eigenvalue weighted by Gasteiger charge is -2.38. The molecule has 1 aliphatic carbocycles. The van der Waals surface area contributed by atoms with Crippen molar-refractivity contribution in [1.82, 2.24) is 0 Å². The third kappa shape index (κ3) is 2.24. The SMILES string of the molecule is CC(CC1CC(F)(F)C1)(C(N)=O)C(=O)O. The Kier molecular flexibility index (Phi) is 2.71. The molecule has 1 atom stereocenters. The quantitative estimate of drug-likeness (QED) is 0.695. The normalized spacial score (nSPS) is 23.9. The van der Waals surface area contributed by atoms with Crippen LogP contribution in [0.4, 0.5) is 8.78 Å². The van der Waals surface area contributed by atoms with Crippen LogP contribution in [-0.4, -0.2) is 22.9 Å². The molecule has 0 aromatic carbocycles. The van der Waals surface area contributed by atoms with Gasteiger partial charge < -0.3 is 10.8 Å². The Bertz CT molecular complexity index is 282. The second-order valence-corrected chi connectivity index (χ2v) is 4.34. The van der Waals surface area contributed by atoms with Crippen LogP contribution in [0.1, 0.15) is 26.2 Å². The van der Waals surface area contributed by atoms with Gasteiger partial charge in [0.05, 0.1) is 0 Å². The van der Waals surface area contributed by atoms with Gasteiger partial charge in [-0.05, 0) is 19.3 Å². The second kappa shape index (κ2) is 3.43. The molecular weight excluding hydrogens is 208 g/mol. The monoisotopic (exact) mass is 221 g/mol. The number of amides is 1. The van der Waals surface area contributed by atoms with Gasteiger partial charge in [0.15, 0.2) is 0 Å². The topological polar surface area (TPSA) is 80.4 Å². The van der Waals surface area contributed by atoms with Crippen LogP contribution in [0.25, 0.3) is 0 Å². The highest BCUT2D eigenvalue weighted by atomic mass is 19.3. The van der Waals surface area contributed by atoms with Crippen molar-refractivity contribution in [2.24, 2.45) is 17.1 Å². The van der Waals surface area contributed by atoms with Crippen molar-refractivity contribution in [3.05, 3.63) is 0 Å². The molecule has 1 saturated carbocycles. The molecule has 0 radical (unpaired) electrons. The Hall–Kier alpha value is -1.20. The summed E-state index contributed by atoms with van der Waals surface area (Å²) < 4.78 is 25.0. The average molecular weight is 221 g/mol. The number of hydrogen-bond donors (Lipinski definition) is 2.